The molecule has 4 aliphatic rings. The summed E-state index contributed by atoms with van der Waals surface area (Å²) in [7, 11) is 0. The van der Waals surface area contributed by atoms with E-state index in [0.717, 1.165) is 62.4 Å². The molecule has 4 aliphatic heterocycles. The minimum Gasteiger partial charge on any atom is -0.458 e. The maximum atomic E-state index is 6.66. The summed E-state index contributed by atoms with van der Waals surface area (Å²) in [5.41, 5.74) is 13.8. The van der Waals surface area contributed by atoms with Crippen molar-refractivity contribution in [2.24, 2.45) is 0 Å². The van der Waals surface area contributed by atoms with Crippen molar-refractivity contribution in [3.05, 3.63) is 177 Å². The summed E-state index contributed by atoms with van der Waals surface area (Å²) in [6.45, 7) is 8.22. The molecule has 0 saturated carbocycles. The normalized spacial score (nSPS) is 14.2. The fourth-order valence-electron chi connectivity index (χ4n) is 9.16. The number of ether oxygens (including phenoxy) is 2. The van der Waals surface area contributed by atoms with Crippen LogP contribution in [-0.4, -0.2) is 13.4 Å². The van der Waals surface area contributed by atoms with Crippen LogP contribution in [0.2, 0.25) is 0 Å². The van der Waals surface area contributed by atoms with Crippen LogP contribution in [0.25, 0.3) is 10.8 Å². The predicted molar refractivity (Wildman–Crippen MR) is 218 cm³/mol. The molecule has 0 fully saturated rings. The van der Waals surface area contributed by atoms with Crippen molar-refractivity contribution in [3.63, 3.8) is 0 Å². The highest BCUT2D eigenvalue weighted by Gasteiger charge is 2.46. The quantitative estimate of drug-likeness (QED) is 0.143. The molecule has 7 aromatic rings. The fraction of sp³-hybridized carbons (Fsp3) is 0. The van der Waals surface area contributed by atoms with E-state index in [4.69, 9.17) is 9.47 Å². The Morgan fingerprint density at radius 2 is 0.981 bits per heavy atom. The third-order valence-corrected chi connectivity index (χ3v) is 11.1. The summed E-state index contributed by atoms with van der Waals surface area (Å²) in [5, 5.41) is 2.43. The third kappa shape index (κ3) is 3.84. The van der Waals surface area contributed by atoms with Crippen LogP contribution in [-0.2, 0) is 0 Å². The topological polar surface area (TPSA) is 24.9 Å². The van der Waals surface area contributed by atoms with Gasteiger partial charge in [0.15, 0.2) is 0 Å². The fourth-order valence-corrected chi connectivity index (χ4v) is 9.16. The molecule has 0 atom stereocenters. The van der Waals surface area contributed by atoms with Crippen LogP contribution in [0.5, 0.6) is 23.0 Å². The monoisotopic (exact) mass is 664 g/mol. The van der Waals surface area contributed by atoms with Crippen LogP contribution in [0.4, 0.5) is 28.4 Å². The number of anilines is 5. The molecule has 0 saturated heterocycles. The Morgan fingerprint density at radius 3 is 1.62 bits per heavy atom. The lowest BCUT2D eigenvalue weighted by molar-refractivity contribution is 0.487. The Kier molecular flexibility index (Phi) is 6.12. The van der Waals surface area contributed by atoms with Crippen molar-refractivity contribution in [3.8, 4) is 23.0 Å². The molecule has 0 radical (unpaired) electrons. The molecule has 11 rings (SSSR count). The SMILES string of the molecule is C=C/C=C(\C=C)N1c2cccc3c2B(c2ccccc2O3)c2c1ccc1c3c(ccc21)N(c1ccccc1)c1cccc2c1B3c1ccccc1O2. The van der Waals surface area contributed by atoms with E-state index in [1.54, 1.807) is 0 Å². The highest BCUT2D eigenvalue weighted by atomic mass is 16.5. The first-order valence-corrected chi connectivity index (χ1v) is 17.7. The van der Waals surface area contributed by atoms with Crippen LogP contribution >= 0.6 is 0 Å². The predicted octanol–water partition coefficient (Wildman–Crippen LogP) is 7.57. The van der Waals surface area contributed by atoms with Gasteiger partial charge in [-0.25, -0.2) is 0 Å². The minimum atomic E-state index is -0.0439. The average Bonchev–Trinajstić information content (AvgIpc) is 3.20. The van der Waals surface area contributed by atoms with Crippen molar-refractivity contribution >= 4 is 85.4 Å². The van der Waals surface area contributed by atoms with Crippen LogP contribution in [0.3, 0.4) is 0 Å². The van der Waals surface area contributed by atoms with Gasteiger partial charge in [0.2, 0.25) is 0 Å². The highest BCUT2D eigenvalue weighted by molar-refractivity contribution is 7.02. The van der Waals surface area contributed by atoms with E-state index in [1.165, 1.54) is 38.3 Å². The summed E-state index contributed by atoms with van der Waals surface area (Å²) in [4.78, 5) is 4.73. The molecule has 0 N–H and O–H groups in total. The lowest BCUT2D eigenvalue weighted by Crippen LogP contribution is -2.61. The van der Waals surface area contributed by atoms with Crippen molar-refractivity contribution in [1.82, 2.24) is 0 Å². The van der Waals surface area contributed by atoms with Gasteiger partial charge in [0, 0.05) is 34.1 Å². The van der Waals surface area contributed by atoms with Gasteiger partial charge in [-0.3, -0.25) is 0 Å². The molecule has 52 heavy (non-hydrogen) atoms. The Morgan fingerprint density at radius 1 is 0.481 bits per heavy atom. The molecule has 4 heterocycles. The van der Waals surface area contributed by atoms with Gasteiger partial charge < -0.3 is 19.3 Å². The van der Waals surface area contributed by atoms with Gasteiger partial charge in [-0.05, 0) is 116 Å². The van der Waals surface area contributed by atoms with Crippen molar-refractivity contribution in [2.75, 3.05) is 9.80 Å². The highest BCUT2D eigenvalue weighted by Crippen LogP contribution is 2.44. The van der Waals surface area contributed by atoms with Crippen LogP contribution in [0.15, 0.2) is 177 Å². The number of hydrogen-bond acceptors (Lipinski definition) is 4. The summed E-state index contributed by atoms with van der Waals surface area (Å²) < 4.78 is 13.3. The second-order valence-electron chi connectivity index (χ2n) is 13.7. The van der Waals surface area contributed by atoms with E-state index in [2.05, 4.69) is 162 Å². The average molecular weight is 664 g/mol. The molecule has 0 amide bonds. The Bertz CT molecular complexity index is 2720. The van der Waals surface area contributed by atoms with E-state index < -0.39 is 0 Å². The Balaban J connectivity index is 1.28. The van der Waals surface area contributed by atoms with Gasteiger partial charge in [-0.1, -0.05) is 98.1 Å². The maximum Gasteiger partial charge on any atom is 0.257 e. The van der Waals surface area contributed by atoms with Gasteiger partial charge in [0.1, 0.15) is 23.0 Å². The zero-order chi connectivity index (χ0) is 34.5. The summed E-state index contributed by atoms with van der Waals surface area (Å²) >= 11 is 0. The minimum absolute atomic E-state index is 0.0261. The van der Waals surface area contributed by atoms with Crippen LogP contribution in [0, 0.1) is 0 Å². The molecule has 7 aromatic carbocycles. The van der Waals surface area contributed by atoms with Gasteiger partial charge in [-0.2, -0.15) is 0 Å². The molecule has 0 bridgehead atoms. The number of fused-ring (bicyclic) bond motifs is 11. The summed E-state index contributed by atoms with van der Waals surface area (Å²) in [5.74, 6) is 3.57. The van der Waals surface area contributed by atoms with E-state index in [9.17, 15) is 0 Å². The smallest absolute Gasteiger partial charge is 0.257 e. The lowest BCUT2D eigenvalue weighted by atomic mass is 9.32. The van der Waals surface area contributed by atoms with Gasteiger partial charge in [0.05, 0.1) is 0 Å². The molecular weight excluding hydrogens is 634 g/mol. The Hall–Kier alpha value is -6.65. The van der Waals surface area contributed by atoms with Gasteiger partial charge in [-0.15, -0.1) is 0 Å². The molecule has 242 valence electrons. The van der Waals surface area contributed by atoms with Gasteiger partial charge in [0.25, 0.3) is 13.4 Å². The standard InChI is InChI=1S/C46H30B2N2O2/c1-3-14-29(4-2)49-35-19-12-23-41-45(35)47(33-17-8-10-21-39(33)51-41)43-31-26-28-38-44(32(31)25-27-37(43)49)48-34-18-9-11-22-40(34)52-42-24-13-20-36(46(42)48)50(38)30-15-6-5-7-16-30/h3-28H,1-2H2/b29-14+. The molecule has 0 aromatic heterocycles. The first kappa shape index (κ1) is 29.1. The maximum absolute atomic E-state index is 6.66. The summed E-state index contributed by atoms with van der Waals surface area (Å²) in [6, 6.07) is 49.8. The molecule has 0 aliphatic carbocycles. The number of benzene rings is 7. The van der Waals surface area contributed by atoms with E-state index in [-0.39, 0.29) is 13.4 Å². The Labute approximate surface area is 303 Å². The van der Waals surface area contributed by atoms with Crippen molar-refractivity contribution in [1.29, 1.82) is 0 Å². The number of allylic oxidation sites excluding steroid dienone is 3. The molecule has 0 spiro atoms. The number of rotatable bonds is 4. The van der Waals surface area contributed by atoms with Crippen LogP contribution < -0.4 is 52.1 Å². The van der Waals surface area contributed by atoms with Gasteiger partial charge >= 0.3 is 0 Å². The largest absolute Gasteiger partial charge is 0.458 e. The zero-order valence-corrected chi connectivity index (χ0v) is 28.3. The third-order valence-electron chi connectivity index (χ3n) is 11.1. The second-order valence-corrected chi connectivity index (χ2v) is 13.7. The molecule has 6 heteroatoms. The number of hydrogen-bond donors (Lipinski definition) is 0. The van der Waals surface area contributed by atoms with E-state index in [0.29, 0.717) is 0 Å². The summed E-state index contributed by atoms with van der Waals surface area (Å²) in [6.07, 6.45) is 5.77. The van der Waals surface area contributed by atoms with Crippen molar-refractivity contribution < 1.29 is 9.47 Å². The number of para-hydroxylation sites is 3. The first-order chi connectivity index (χ1) is 25.7. The van der Waals surface area contributed by atoms with E-state index >= 15 is 0 Å². The molecule has 0 unspecified atom stereocenters. The number of nitrogens with zero attached hydrogens (tertiary/aromatic N) is 2. The lowest BCUT2D eigenvalue weighted by Gasteiger charge is -2.42. The zero-order valence-electron chi connectivity index (χ0n) is 28.3. The molecular formula is C46H30B2N2O2. The van der Waals surface area contributed by atoms with E-state index in [1.807, 2.05) is 18.2 Å². The van der Waals surface area contributed by atoms with Crippen molar-refractivity contribution in [2.45, 2.75) is 0 Å². The van der Waals surface area contributed by atoms with Crippen LogP contribution in [0.1, 0.15) is 0 Å². The molecule has 4 nitrogen and oxygen atoms in total. The first-order valence-electron chi connectivity index (χ1n) is 17.7. The second kappa shape index (κ2) is 10.9.